The number of halogens is 1. The van der Waals surface area contributed by atoms with E-state index in [4.69, 9.17) is 5.73 Å². The third-order valence-corrected chi connectivity index (χ3v) is 5.00. The third-order valence-electron chi connectivity index (χ3n) is 5.00. The molecule has 1 saturated heterocycles. The van der Waals surface area contributed by atoms with Crippen molar-refractivity contribution in [2.24, 2.45) is 0 Å². The Morgan fingerprint density at radius 3 is 2.29 bits per heavy atom. The molecule has 0 saturated carbocycles. The minimum atomic E-state index is -0.0322. The Balaban J connectivity index is 0.00000280. The molecule has 5 nitrogen and oxygen atoms in total. The van der Waals surface area contributed by atoms with Crippen molar-refractivity contribution in [1.82, 2.24) is 4.90 Å². The molecule has 0 aromatic heterocycles. The fourth-order valence-corrected chi connectivity index (χ4v) is 3.36. The van der Waals surface area contributed by atoms with Crippen LogP contribution in [-0.2, 0) is 22.4 Å². The third kappa shape index (κ3) is 6.27. The molecule has 0 bridgehead atoms. The van der Waals surface area contributed by atoms with Gasteiger partial charge in [-0.2, -0.15) is 0 Å². The largest absolute Gasteiger partial charge is 0.399 e. The maximum atomic E-state index is 12.1. The number of nitrogens with one attached hydrogen (secondary N) is 1. The van der Waals surface area contributed by atoms with Gasteiger partial charge in [0.2, 0.25) is 11.8 Å². The molecular weight excluding hydrogens is 374 g/mol. The first-order chi connectivity index (χ1) is 13.1. The number of likely N-dealkylation sites (tertiary alicyclic amines) is 1. The molecule has 28 heavy (non-hydrogen) atoms. The fraction of sp³-hybridized carbons (Fsp3) is 0.364. The molecule has 3 rings (SSSR count). The summed E-state index contributed by atoms with van der Waals surface area (Å²) < 4.78 is 0. The summed E-state index contributed by atoms with van der Waals surface area (Å²) in [6.07, 6.45) is 4.53. The first kappa shape index (κ1) is 21.8. The second kappa shape index (κ2) is 10.7. The molecule has 1 fully saturated rings. The summed E-state index contributed by atoms with van der Waals surface area (Å²) in [5.41, 5.74) is 9.50. The van der Waals surface area contributed by atoms with Gasteiger partial charge in [0.15, 0.2) is 0 Å². The lowest BCUT2D eigenvalue weighted by molar-refractivity contribution is -0.130. The van der Waals surface area contributed by atoms with E-state index in [1.54, 1.807) is 0 Å². The van der Waals surface area contributed by atoms with Crippen LogP contribution in [0.15, 0.2) is 48.5 Å². The summed E-state index contributed by atoms with van der Waals surface area (Å²) in [5.74, 6) is 0.209. The van der Waals surface area contributed by atoms with E-state index in [9.17, 15) is 9.59 Å². The smallest absolute Gasteiger partial charge is 0.224 e. The second-order valence-corrected chi connectivity index (χ2v) is 7.03. The number of amides is 2. The fourth-order valence-electron chi connectivity index (χ4n) is 3.36. The minimum Gasteiger partial charge on any atom is -0.399 e. The van der Waals surface area contributed by atoms with Crippen LogP contribution >= 0.6 is 12.4 Å². The van der Waals surface area contributed by atoms with Crippen molar-refractivity contribution in [2.45, 2.75) is 38.5 Å². The van der Waals surface area contributed by atoms with Crippen LogP contribution in [0.3, 0.4) is 0 Å². The highest BCUT2D eigenvalue weighted by atomic mass is 35.5. The van der Waals surface area contributed by atoms with Crippen molar-refractivity contribution < 1.29 is 9.59 Å². The zero-order chi connectivity index (χ0) is 19.1. The lowest BCUT2D eigenvalue weighted by Crippen LogP contribution is -2.27. The summed E-state index contributed by atoms with van der Waals surface area (Å²) >= 11 is 0. The number of nitrogens with two attached hydrogens (primary N) is 1. The number of carbonyl (C=O) groups excluding carboxylic acids is 2. The monoisotopic (exact) mass is 401 g/mol. The van der Waals surface area contributed by atoms with Crippen LogP contribution in [0.2, 0.25) is 0 Å². The summed E-state index contributed by atoms with van der Waals surface area (Å²) in [5, 5.41) is 2.91. The standard InChI is InChI=1S/C22H27N3O2.ClH/c23-20-6-2-1-5-18(20)10-13-21(26)24-19-11-7-17(8-12-19)9-14-22(27)25-15-3-4-16-25;/h1-2,5-8,11-12H,3-4,9-10,13-16,23H2,(H,24,26);1H. The Hall–Kier alpha value is -2.53. The minimum absolute atomic E-state index is 0. The molecule has 2 aromatic rings. The van der Waals surface area contributed by atoms with Crippen molar-refractivity contribution in [3.63, 3.8) is 0 Å². The van der Waals surface area contributed by atoms with E-state index in [1.807, 2.05) is 53.4 Å². The van der Waals surface area contributed by atoms with Gasteiger partial charge < -0.3 is 16.0 Å². The molecule has 1 heterocycles. The van der Waals surface area contributed by atoms with E-state index in [0.29, 0.717) is 19.3 Å². The van der Waals surface area contributed by atoms with E-state index >= 15 is 0 Å². The maximum Gasteiger partial charge on any atom is 0.224 e. The van der Waals surface area contributed by atoms with Crippen molar-refractivity contribution in [3.8, 4) is 0 Å². The van der Waals surface area contributed by atoms with Gasteiger partial charge in [-0.25, -0.2) is 0 Å². The van der Waals surface area contributed by atoms with Gasteiger partial charge >= 0.3 is 0 Å². The molecule has 1 aliphatic rings. The number of benzene rings is 2. The van der Waals surface area contributed by atoms with Gasteiger partial charge in [-0.1, -0.05) is 30.3 Å². The van der Waals surface area contributed by atoms with E-state index < -0.39 is 0 Å². The lowest BCUT2D eigenvalue weighted by Gasteiger charge is -2.15. The van der Waals surface area contributed by atoms with Crippen LogP contribution in [-0.4, -0.2) is 29.8 Å². The highest BCUT2D eigenvalue weighted by Gasteiger charge is 2.17. The summed E-state index contributed by atoms with van der Waals surface area (Å²) in [4.78, 5) is 26.2. The summed E-state index contributed by atoms with van der Waals surface area (Å²) in [6.45, 7) is 1.80. The molecule has 150 valence electrons. The molecule has 0 unspecified atom stereocenters. The van der Waals surface area contributed by atoms with E-state index in [0.717, 1.165) is 54.9 Å². The predicted octanol–water partition coefficient (Wildman–Crippen LogP) is 3.82. The number of para-hydroxylation sites is 1. The number of carbonyl (C=O) groups is 2. The highest BCUT2D eigenvalue weighted by molar-refractivity contribution is 5.90. The molecule has 0 aliphatic carbocycles. The van der Waals surface area contributed by atoms with Gasteiger partial charge in [-0.05, 0) is 55.0 Å². The number of hydrogen-bond acceptors (Lipinski definition) is 3. The van der Waals surface area contributed by atoms with E-state index in [2.05, 4.69) is 5.32 Å². The molecule has 3 N–H and O–H groups in total. The van der Waals surface area contributed by atoms with Gasteiger partial charge in [-0.15, -0.1) is 12.4 Å². The van der Waals surface area contributed by atoms with Gasteiger partial charge in [0.1, 0.15) is 0 Å². The summed E-state index contributed by atoms with van der Waals surface area (Å²) in [6, 6.07) is 15.3. The molecule has 2 aromatic carbocycles. The molecule has 2 amide bonds. The number of hydrogen-bond donors (Lipinski definition) is 2. The highest BCUT2D eigenvalue weighted by Crippen LogP contribution is 2.16. The maximum absolute atomic E-state index is 12.1. The quantitative estimate of drug-likeness (QED) is 0.692. The molecule has 0 spiro atoms. The Labute approximate surface area is 172 Å². The average molecular weight is 402 g/mol. The molecule has 1 aliphatic heterocycles. The molecular formula is C22H28ClN3O2. The van der Waals surface area contributed by atoms with Gasteiger partial charge in [0, 0.05) is 37.3 Å². The normalized spacial score (nSPS) is 13.1. The van der Waals surface area contributed by atoms with Crippen LogP contribution in [0.25, 0.3) is 0 Å². The zero-order valence-corrected chi connectivity index (χ0v) is 16.8. The number of nitrogen functional groups attached to an aromatic ring is 1. The van der Waals surface area contributed by atoms with E-state index in [1.165, 1.54) is 0 Å². The number of aryl methyl sites for hydroxylation is 2. The zero-order valence-electron chi connectivity index (χ0n) is 16.0. The van der Waals surface area contributed by atoms with Crippen LogP contribution in [0.5, 0.6) is 0 Å². The van der Waals surface area contributed by atoms with Crippen molar-refractivity contribution in [2.75, 3.05) is 24.1 Å². The van der Waals surface area contributed by atoms with Crippen molar-refractivity contribution in [1.29, 1.82) is 0 Å². The van der Waals surface area contributed by atoms with E-state index in [-0.39, 0.29) is 24.2 Å². The molecule has 0 atom stereocenters. The second-order valence-electron chi connectivity index (χ2n) is 7.03. The van der Waals surface area contributed by atoms with Gasteiger partial charge in [0.05, 0.1) is 0 Å². The topological polar surface area (TPSA) is 75.4 Å². The van der Waals surface area contributed by atoms with Crippen LogP contribution < -0.4 is 11.1 Å². The van der Waals surface area contributed by atoms with Crippen LogP contribution in [0.1, 0.15) is 36.8 Å². The Morgan fingerprint density at radius 2 is 1.61 bits per heavy atom. The SMILES string of the molecule is Cl.Nc1ccccc1CCC(=O)Nc1ccc(CCC(=O)N2CCCC2)cc1. The number of anilines is 2. The number of nitrogens with zero attached hydrogens (tertiary/aromatic N) is 1. The predicted molar refractivity (Wildman–Crippen MR) is 116 cm³/mol. The Bertz CT molecular complexity index is 787. The van der Waals surface area contributed by atoms with Crippen molar-refractivity contribution >= 4 is 35.6 Å². The van der Waals surface area contributed by atoms with Crippen LogP contribution in [0.4, 0.5) is 11.4 Å². The molecule has 6 heteroatoms. The van der Waals surface area contributed by atoms with Gasteiger partial charge in [0.25, 0.3) is 0 Å². The molecule has 0 radical (unpaired) electrons. The Kier molecular flexibility index (Phi) is 8.33. The van der Waals surface area contributed by atoms with Crippen LogP contribution in [0, 0.1) is 0 Å². The summed E-state index contributed by atoms with van der Waals surface area (Å²) in [7, 11) is 0. The number of rotatable bonds is 7. The van der Waals surface area contributed by atoms with Gasteiger partial charge in [-0.3, -0.25) is 9.59 Å². The average Bonchev–Trinajstić information content (AvgIpc) is 3.21. The Morgan fingerprint density at radius 1 is 0.929 bits per heavy atom. The van der Waals surface area contributed by atoms with Crippen molar-refractivity contribution in [3.05, 3.63) is 59.7 Å². The lowest BCUT2D eigenvalue weighted by atomic mass is 10.1. The first-order valence-corrected chi connectivity index (χ1v) is 9.62. The first-order valence-electron chi connectivity index (χ1n) is 9.62.